The highest BCUT2D eigenvalue weighted by Crippen LogP contribution is 2.29. The van der Waals surface area contributed by atoms with Gasteiger partial charge in [0.1, 0.15) is 11.5 Å². The number of hydrogen-bond donors (Lipinski definition) is 2. The zero-order valence-corrected chi connectivity index (χ0v) is 15.7. The highest BCUT2D eigenvalue weighted by Gasteiger charge is 2.09. The highest BCUT2D eigenvalue weighted by molar-refractivity contribution is 5.89. The fourth-order valence-corrected chi connectivity index (χ4v) is 2.55. The zero-order valence-electron chi connectivity index (χ0n) is 15.7. The van der Waals surface area contributed by atoms with Gasteiger partial charge < -0.3 is 15.4 Å². The number of carbonyl (C=O) groups is 1. The van der Waals surface area contributed by atoms with E-state index in [1.54, 1.807) is 24.3 Å². The van der Waals surface area contributed by atoms with E-state index >= 15 is 0 Å². The van der Waals surface area contributed by atoms with Crippen molar-refractivity contribution in [3.05, 3.63) is 58.1 Å². The van der Waals surface area contributed by atoms with Crippen molar-refractivity contribution in [3.8, 4) is 11.5 Å². The number of anilines is 1. The Morgan fingerprint density at radius 3 is 2.48 bits per heavy atom. The number of nitrogens with one attached hydrogen (secondary N) is 2. The number of unbranched alkanes of at least 4 members (excludes halogenated alkanes) is 2. The lowest BCUT2D eigenvalue weighted by atomic mass is 10.1. The van der Waals surface area contributed by atoms with Gasteiger partial charge in [0.25, 0.3) is 5.69 Å². The number of nitro benzene ring substituents is 1. The molecule has 144 valence electrons. The van der Waals surface area contributed by atoms with Crippen LogP contribution in [0.1, 0.15) is 38.7 Å². The molecule has 0 radical (unpaired) electrons. The van der Waals surface area contributed by atoms with Crippen LogP contribution in [0.4, 0.5) is 16.2 Å². The molecule has 2 aromatic carbocycles. The number of ether oxygens (including phenoxy) is 1. The normalized spacial score (nSPS) is 10.3. The van der Waals surface area contributed by atoms with Crippen molar-refractivity contribution in [3.63, 3.8) is 0 Å². The van der Waals surface area contributed by atoms with Crippen LogP contribution >= 0.6 is 0 Å². The third-order valence-electron chi connectivity index (χ3n) is 4.04. The van der Waals surface area contributed by atoms with Crippen LogP contribution in [-0.2, 0) is 6.42 Å². The molecule has 2 aromatic rings. The molecule has 2 rings (SSSR count). The molecule has 0 bridgehead atoms. The molecule has 0 atom stereocenters. The summed E-state index contributed by atoms with van der Waals surface area (Å²) in [5.74, 6) is 1.17. The second-order valence-corrected chi connectivity index (χ2v) is 6.12. The standard InChI is InChI=1S/C20H25N3O4/c1-3-5-6-13-21-20(24)22-16-7-12-19(15(4-2)14-16)27-18-10-8-17(9-11-18)23(25)26/h7-12,14H,3-6,13H2,1-2H3,(H2,21,22,24). The Bertz CT molecular complexity index is 775. The number of amides is 2. The summed E-state index contributed by atoms with van der Waals surface area (Å²) in [6, 6.07) is 11.1. The van der Waals surface area contributed by atoms with Crippen LogP contribution in [0.3, 0.4) is 0 Å². The summed E-state index contributed by atoms with van der Waals surface area (Å²) in [4.78, 5) is 22.2. The van der Waals surface area contributed by atoms with Crippen LogP contribution < -0.4 is 15.4 Å². The summed E-state index contributed by atoms with van der Waals surface area (Å²) in [6.07, 6.45) is 3.89. The van der Waals surface area contributed by atoms with E-state index in [9.17, 15) is 14.9 Å². The Balaban J connectivity index is 2.00. The fourth-order valence-electron chi connectivity index (χ4n) is 2.55. The van der Waals surface area contributed by atoms with E-state index in [0.29, 0.717) is 23.7 Å². The van der Waals surface area contributed by atoms with Crippen LogP contribution in [0.15, 0.2) is 42.5 Å². The van der Waals surface area contributed by atoms with E-state index < -0.39 is 4.92 Å². The molecular formula is C20H25N3O4. The maximum atomic E-state index is 11.9. The minimum absolute atomic E-state index is 0.0163. The number of non-ortho nitro benzene ring substituents is 1. The van der Waals surface area contributed by atoms with Gasteiger partial charge in [-0.05, 0) is 48.7 Å². The maximum Gasteiger partial charge on any atom is 0.319 e. The van der Waals surface area contributed by atoms with E-state index in [1.165, 1.54) is 12.1 Å². The van der Waals surface area contributed by atoms with Gasteiger partial charge in [-0.25, -0.2) is 4.79 Å². The molecule has 0 aromatic heterocycles. The Morgan fingerprint density at radius 2 is 1.85 bits per heavy atom. The first-order valence-electron chi connectivity index (χ1n) is 9.13. The average molecular weight is 371 g/mol. The van der Waals surface area contributed by atoms with Crippen molar-refractivity contribution in [1.82, 2.24) is 5.32 Å². The summed E-state index contributed by atoms with van der Waals surface area (Å²) in [7, 11) is 0. The lowest BCUT2D eigenvalue weighted by Gasteiger charge is -2.13. The minimum atomic E-state index is -0.449. The van der Waals surface area contributed by atoms with E-state index in [4.69, 9.17) is 4.74 Å². The SMILES string of the molecule is CCCCCNC(=O)Nc1ccc(Oc2ccc([N+](=O)[O-])cc2)c(CC)c1. The quantitative estimate of drug-likeness (QED) is 0.357. The van der Waals surface area contributed by atoms with E-state index in [0.717, 1.165) is 31.2 Å². The molecule has 0 saturated heterocycles. The van der Waals surface area contributed by atoms with Gasteiger partial charge >= 0.3 is 6.03 Å². The molecule has 0 spiro atoms. The first-order valence-corrected chi connectivity index (χ1v) is 9.13. The lowest BCUT2D eigenvalue weighted by molar-refractivity contribution is -0.384. The third-order valence-corrected chi connectivity index (χ3v) is 4.04. The summed E-state index contributed by atoms with van der Waals surface area (Å²) >= 11 is 0. The molecule has 0 saturated carbocycles. The monoisotopic (exact) mass is 371 g/mol. The van der Waals surface area contributed by atoms with Gasteiger partial charge in [0.05, 0.1) is 4.92 Å². The van der Waals surface area contributed by atoms with Crippen molar-refractivity contribution in [2.45, 2.75) is 39.5 Å². The molecule has 0 aliphatic carbocycles. The number of carbonyl (C=O) groups excluding carboxylic acids is 1. The van der Waals surface area contributed by atoms with E-state index in [1.807, 2.05) is 13.0 Å². The fraction of sp³-hybridized carbons (Fsp3) is 0.350. The Labute approximate surface area is 158 Å². The first kappa shape index (κ1) is 20.2. The third kappa shape index (κ3) is 6.29. The molecule has 7 nitrogen and oxygen atoms in total. The first-order chi connectivity index (χ1) is 13.0. The van der Waals surface area contributed by atoms with Crippen LogP contribution in [-0.4, -0.2) is 17.5 Å². The molecule has 0 fully saturated rings. The highest BCUT2D eigenvalue weighted by atomic mass is 16.6. The number of hydrogen-bond acceptors (Lipinski definition) is 4. The second kappa shape index (κ2) is 10.2. The average Bonchev–Trinajstić information content (AvgIpc) is 2.67. The molecule has 2 N–H and O–H groups in total. The van der Waals surface area contributed by atoms with Crippen LogP contribution in [0.25, 0.3) is 0 Å². The molecule has 0 aliphatic heterocycles. The number of aryl methyl sites for hydroxylation is 1. The predicted octanol–water partition coefficient (Wildman–Crippen LogP) is 5.26. The molecule has 0 unspecified atom stereocenters. The van der Waals surface area contributed by atoms with Crippen LogP contribution in [0, 0.1) is 10.1 Å². The Hall–Kier alpha value is -3.09. The van der Waals surface area contributed by atoms with Crippen molar-refractivity contribution in [2.24, 2.45) is 0 Å². The number of nitrogens with zero attached hydrogens (tertiary/aromatic N) is 1. The van der Waals surface area contributed by atoms with Crippen molar-refractivity contribution in [1.29, 1.82) is 0 Å². The van der Waals surface area contributed by atoms with Gasteiger partial charge in [0.15, 0.2) is 0 Å². The minimum Gasteiger partial charge on any atom is -0.457 e. The molecule has 0 heterocycles. The van der Waals surface area contributed by atoms with Crippen molar-refractivity contribution >= 4 is 17.4 Å². The molecule has 27 heavy (non-hydrogen) atoms. The smallest absolute Gasteiger partial charge is 0.319 e. The molecular weight excluding hydrogens is 346 g/mol. The number of benzene rings is 2. The van der Waals surface area contributed by atoms with E-state index in [-0.39, 0.29) is 11.7 Å². The molecule has 7 heteroatoms. The number of rotatable bonds is 9. The Morgan fingerprint density at radius 1 is 1.11 bits per heavy atom. The van der Waals surface area contributed by atoms with Crippen LogP contribution in [0.2, 0.25) is 0 Å². The Kier molecular flexibility index (Phi) is 7.61. The summed E-state index contributed by atoms with van der Waals surface area (Å²) in [5.41, 5.74) is 1.63. The summed E-state index contributed by atoms with van der Waals surface area (Å²) in [6.45, 7) is 4.76. The van der Waals surface area contributed by atoms with Gasteiger partial charge in [-0.1, -0.05) is 26.7 Å². The predicted molar refractivity (Wildman–Crippen MR) is 106 cm³/mol. The zero-order chi connectivity index (χ0) is 19.6. The van der Waals surface area contributed by atoms with Crippen molar-refractivity contribution in [2.75, 3.05) is 11.9 Å². The molecule has 2 amide bonds. The van der Waals surface area contributed by atoms with Crippen molar-refractivity contribution < 1.29 is 14.5 Å². The molecule has 0 aliphatic rings. The summed E-state index contributed by atoms with van der Waals surface area (Å²) in [5, 5.41) is 16.4. The van der Waals surface area contributed by atoms with Gasteiger partial charge in [-0.15, -0.1) is 0 Å². The number of urea groups is 1. The topological polar surface area (TPSA) is 93.5 Å². The van der Waals surface area contributed by atoms with Crippen LogP contribution in [0.5, 0.6) is 11.5 Å². The van der Waals surface area contributed by atoms with Gasteiger partial charge in [0, 0.05) is 24.4 Å². The van der Waals surface area contributed by atoms with Gasteiger partial charge in [-0.2, -0.15) is 0 Å². The maximum absolute atomic E-state index is 11.9. The largest absolute Gasteiger partial charge is 0.457 e. The van der Waals surface area contributed by atoms with Gasteiger partial charge in [0.2, 0.25) is 0 Å². The van der Waals surface area contributed by atoms with E-state index in [2.05, 4.69) is 17.6 Å². The summed E-state index contributed by atoms with van der Waals surface area (Å²) < 4.78 is 5.84. The number of nitro groups is 1. The second-order valence-electron chi connectivity index (χ2n) is 6.12. The van der Waals surface area contributed by atoms with Gasteiger partial charge in [-0.3, -0.25) is 10.1 Å². The lowest BCUT2D eigenvalue weighted by Crippen LogP contribution is -2.29.